The van der Waals surface area contributed by atoms with E-state index >= 15 is 0 Å². The van der Waals surface area contributed by atoms with Crippen LogP contribution in [0.1, 0.15) is 26.4 Å². The number of thiophene rings is 1. The zero-order valence-corrected chi connectivity index (χ0v) is 15.1. The van der Waals surface area contributed by atoms with Crippen LogP contribution in [-0.4, -0.2) is 30.6 Å². The Morgan fingerprint density at radius 2 is 2.23 bits per heavy atom. The number of hydrogen-bond acceptors (Lipinski definition) is 5. The quantitative estimate of drug-likeness (QED) is 0.562. The van der Waals surface area contributed by atoms with Gasteiger partial charge in [-0.3, -0.25) is 14.9 Å². The van der Waals surface area contributed by atoms with Crippen molar-refractivity contribution in [1.82, 2.24) is 5.32 Å². The van der Waals surface area contributed by atoms with E-state index in [4.69, 9.17) is 0 Å². The molecular weight excluding hydrogens is 352 g/mol. The second-order valence-corrected chi connectivity index (χ2v) is 7.75. The summed E-state index contributed by atoms with van der Waals surface area (Å²) in [4.78, 5) is 25.8. The highest BCUT2D eigenvalue weighted by Crippen LogP contribution is 2.36. The molecule has 1 amide bonds. The van der Waals surface area contributed by atoms with Crippen molar-refractivity contribution in [2.24, 2.45) is 0 Å². The molecule has 0 bridgehead atoms. The standard InChI is InChI=1S/C18H18N4O3S/c1-21-8-7-13-14(10-21)26-18-16(13)17(23)19-15(20-18)6-5-11-3-2-4-12(9-11)22(24)25/h2-6,9,15,20H,7-8,10H2,1H3,(H,19,23)/p+1/b6-5-/t15-/m0/s1. The van der Waals surface area contributed by atoms with E-state index in [9.17, 15) is 14.9 Å². The molecule has 0 spiro atoms. The van der Waals surface area contributed by atoms with E-state index in [2.05, 4.69) is 17.7 Å². The molecule has 1 unspecified atom stereocenters. The molecule has 0 aliphatic carbocycles. The van der Waals surface area contributed by atoms with Crippen LogP contribution < -0.4 is 15.5 Å². The number of non-ortho nitro benzene ring substituents is 1. The van der Waals surface area contributed by atoms with Crippen molar-refractivity contribution in [3.63, 3.8) is 0 Å². The second kappa shape index (κ2) is 6.54. The molecule has 0 radical (unpaired) electrons. The van der Waals surface area contributed by atoms with Crippen molar-refractivity contribution in [2.75, 3.05) is 18.9 Å². The molecule has 0 saturated carbocycles. The number of nitrogens with zero attached hydrogens (tertiary/aromatic N) is 1. The predicted molar refractivity (Wildman–Crippen MR) is 100 cm³/mol. The van der Waals surface area contributed by atoms with Crippen LogP contribution >= 0.6 is 11.3 Å². The third-order valence-electron chi connectivity index (χ3n) is 4.72. The van der Waals surface area contributed by atoms with E-state index in [-0.39, 0.29) is 17.8 Å². The van der Waals surface area contributed by atoms with Crippen LogP contribution in [0.4, 0.5) is 10.7 Å². The lowest BCUT2D eigenvalue weighted by atomic mass is 10.0. The lowest BCUT2D eigenvalue weighted by Gasteiger charge is -2.24. The van der Waals surface area contributed by atoms with Gasteiger partial charge in [0.25, 0.3) is 11.6 Å². The average Bonchev–Trinajstić information content (AvgIpc) is 2.97. The van der Waals surface area contributed by atoms with Crippen LogP contribution in [0.25, 0.3) is 6.08 Å². The first-order valence-corrected chi connectivity index (χ1v) is 9.29. The lowest BCUT2D eigenvalue weighted by molar-refractivity contribution is -0.895. The number of rotatable bonds is 3. The largest absolute Gasteiger partial charge is 0.353 e. The number of carbonyl (C=O) groups excluding carboxylic acids is 1. The normalized spacial score (nSPS) is 21.7. The van der Waals surface area contributed by atoms with Crippen molar-refractivity contribution >= 4 is 34.0 Å². The monoisotopic (exact) mass is 371 g/mol. The maximum Gasteiger partial charge on any atom is 0.270 e. The molecule has 0 saturated heterocycles. The van der Waals surface area contributed by atoms with Crippen LogP contribution in [0.2, 0.25) is 0 Å². The van der Waals surface area contributed by atoms with E-state index in [1.807, 2.05) is 6.08 Å². The number of quaternary nitrogens is 1. The minimum atomic E-state index is -0.417. The highest BCUT2D eigenvalue weighted by Gasteiger charge is 2.32. The highest BCUT2D eigenvalue weighted by molar-refractivity contribution is 7.16. The van der Waals surface area contributed by atoms with Gasteiger partial charge < -0.3 is 15.5 Å². The van der Waals surface area contributed by atoms with Crippen molar-refractivity contribution < 1.29 is 14.6 Å². The Labute approximate surface area is 154 Å². The Balaban J connectivity index is 1.55. The molecular formula is C18H19N4O3S+. The molecule has 2 atom stereocenters. The fraction of sp³-hybridized carbons (Fsp3) is 0.278. The minimum Gasteiger partial charge on any atom is -0.353 e. The third kappa shape index (κ3) is 3.09. The van der Waals surface area contributed by atoms with Crippen molar-refractivity contribution in [3.8, 4) is 0 Å². The molecule has 1 aromatic carbocycles. The van der Waals surface area contributed by atoms with Gasteiger partial charge in [0.1, 0.15) is 17.7 Å². The van der Waals surface area contributed by atoms with Gasteiger partial charge in [-0.2, -0.15) is 0 Å². The highest BCUT2D eigenvalue weighted by atomic mass is 32.1. The maximum absolute atomic E-state index is 12.6. The summed E-state index contributed by atoms with van der Waals surface area (Å²) in [7, 11) is 2.17. The number of amides is 1. The summed E-state index contributed by atoms with van der Waals surface area (Å²) in [5.74, 6) is -0.0514. The van der Waals surface area contributed by atoms with Crippen molar-refractivity contribution in [2.45, 2.75) is 19.1 Å². The Morgan fingerprint density at radius 1 is 1.38 bits per heavy atom. The molecule has 3 heterocycles. The lowest BCUT2D eigenvalue weighted by Crippen LogP contribution is -3.08. The topological polar surface area (TPSA) is 88.7 Å². The summed E-state index contributed by atoms with van der Waals surface area (Å²) in [5, 5.41) is 18.1. The van der Waals surface area contributed by atoms with E-state index in [1.165, 1.54) is 27.5 Å². The molecule has 3 N–H and O–H groups in total. The molecule has 0 fully saturated rings. The van der Waals surface area contributed by atoms with Gasteiger partial charge in [-0.05, 0) is 17.2 Å². The van der Waals surface area contributed by atoms with Gasteiger partial charge in [-0.15, -0.1) is 11.3 Å². The predicted octanol–water partition coefficient (Wildman–Crippen LogP) is 1.42. The number of hydrogen-bond donors (Lipinski definition) is 3. The molecule has 2 aliphatic heterocycles. The number of likely N-dealkylation sites (N-methyl/N-ethyl adjacent to an activating group) is 1. The van der Waals surface area contributed by atoms with Crippen molar-refractivity contribution in [3.05, 3.63) is 62.0 Å². The summed E-state index contributed by atoms with van der Waals surface area (Å²) in [6, 6.07) is 6.41. The summed E-state index contributed by atoms with van der Waals surface area (Å²) in [6.07, 6.45) is 4.19. The zero-order chi connectivity index (χ0) is 18.3. The molecule has 26 heavy (non-hydrogen) atoms. The van der Waals surface area contributed by atoms with Gasteiger partial charge in [0, 0.05) is 18.6 Å². The summed E-state index contributed by atoms with van der Waals surface area (Å²) in [6.45, 7) is 2.00. The summed E-state index contributed by atoms with van der Waals surface area (Å²) in [5.41, 5.74) is 2.74. The van der Waals surface area contributed by atoms with E-state index in [1.54, 1.807) is 29.5 Å². The van der Waals surface area contributed by atoms with Gasteiger partial charge in [0.15, 0.2) is 0 Å². The van der Waals surface area contributed by atoms with Crippen molar-refractivity contribution in [1.29, 1.82) is 0 Å². The fourth-order valence-corrected chi connectivity index (χ4v) is 4.79. The molecule has 1 aromatic heterocycles. The zero-order valence-electron chi connectivity index (χ0n) is 14.2. The van der Waals surface area contributed by atoms with E-state index in [0.29, 0.717) is 0 Å². The first kappa shape index (κ1) is 16.7. The maximum atomic E-state index is 12.6. The Hall–Kier alpha value is -2.71. The molecule has 2 aromatic rings. The SMILES string of the molecule is C[NH+]1CCc2c(sc3c2C(=O)N[C@H](/C=C\c2cccc([N+](=O)[O-])c2)N3)C1. The number of anilines is 1. The summed E-state index contributed by atoms with van der Waals surface area (Å²) >= 11 is 1.66. The van der Waals surface area contributed by atoms with Crippen LogP contribution in [-0.2, 0) is 13.0 Å². The Kier molecular flexibility index (Phi) is 4.21. The molecule has 134 valence electrons. The van der Waals surface area contributed by atoms with Crippen LogP contribution in [0.3, 0.4) is 0 Å². The van der Waals surface area contributed by atoms with Crippen LogP contribution in [0.15, 0.2) is 30.3 Å². The smallest absolute Gasteiger partial charge is 0.270 e. The number of carbonyl (C=O) groups is 1. The average molecular weight is 371 g/mol. The van der Waals surface area contributed by atoms with E-state index < -0.39 is 4.92 Å². The van der Waals surface area contributed by atoms with Gasteiger partial charge in [-0.1, -0.05) is 18.2 Å². The number of fused-ring (bicyclic) bond motifs is 3. The third-order valence-corrected chi connectivity index (χ3v) is 5.88. The number of nitro groups is 1. The van der Waals surface area contributed by atoms with Gasteiger partial charge in [0.2, 0.25) is 0 Å². The van der Waals surface area contributed by atoms with Gasteiger partial charge in [0.05, 0.1) is 29.0 Å². The van der Waals surface area contributed by atoms with Crippen LogP contribution in [0, 0.1) is 10.1 Å². The van der Waals surface area contributed by atoms with Gasteiger partial charge >= 0.3 is 0 Å². The molecule has 7 nitrogen and oxygen atoms in total. The summed E-state index contributed by atoms with van der Waals surface area (Å²) < 4.78 is 0. The van der Waals surface area contributed by atoms with Gasteiger partial charge in [-0.25, -0.2) is 0 Å². The Bertz CT molecular complexity index is 921. The number of nitrogens with one attached hydrogen (secondary N) is 3. The number of benzene rings is 1. The fourth-order valence-electron chi connectivity index (χ4n) is 3.40. The van der Waals surface area contributed by atoms with E-state index in [0.717, 1.165) is 35.6 Å². The first-order valence-electron chi connectivity index (χ1n) is 8.47. The molecule has 4 rings (SSSR count). The Morgan fingerprint density at radius 3 is 3.04 bits per heavy atom. The first-order chi connectivity index (χ1) is 12.5. The van der Waals surface area contributed by atoms with Crippen LogP contribution in [0.5, 0.6) is 0 Å². The molecule has 8 heteroatoms. The second-order valence-electron chi connectivity index (χ2n) is 6.65. The minimum absolute atomic E-state index is 0.0487. The number of nitro benzene ring substituents is 1. The molecule has 2 aliphatic rings.